The number of carbonyl (C=O) groups is 2. The first kappa shape index (κ1) is 12.4. The molecular weight excluding hydrogens is 186 g/mol. The van der Waals surface area contributed by atoms with E-state index in [1.165, 1.54) is 0 Å². The standard InChI is InChI=1S/C9H13NO4/c1-3-13-8(11)5-7(6-10)9(12)14-4-2/h7H,3-5H2,1-2H3/t7-/m0/s1. The number of nitrogens with zero attached hydrogens (tertiary/aromatic N) is 1. The first-order chi connectivity index (χ1) is 6.65. The Kier molecular flexibility index (Phi) is 6.12. The second-order valence-electron chi connectivity index (χ2n) is 2.44. The number of carbonyl (C=O) groups excluding carboxylic acids is 2. The molecule has 1 atom stereocenters. The third-order valence-electron chi connectivity index (χ3n) is 1.40. The third-order valence-corrected chi connectivity index (χ3v) is 1.40. The van der Waals surface area contributed by atoms with Gasteiger partial charge in [-0.15, -0.1) is 0 Å². The van der Waals surface area contributed by atoms with E-state index in [-0.39, 0.29) is 19.6 Å². The molecule has 0 aromatic carbocycles. The van der Waals surface area contributed by atoms with Crippen LogP contribution in [0.2, 0.25) is 0 Å². The number of nitriles is 1. The Morgan fingerprint density at radius 3 is 2.29 bits per heavy atom. The van der Waals surface area contributed by atoms with Crippen molar-refractivity contribution >= 4 is 11.9 Å². The summed E-state index contributed by atoms with van der Waals surface area (Å²) >= 11 is 0. The molecule has 0 radical (unpaired) electrons. The molecule has 0 amide bonds. The van der Waals surface area contributed by atoms with Gasteiger partial charge in [-0.05, 0) is 13.8 Å². The van der Waals surface area contributed by atoms with Crippen molar-refractivity contribution in [3.05, 3.63) is 0 Å². The van der Waals surface area contributed by atoms with Crippen molar-refractivity contribution in [2.45, 2.75) is 20.3 Å². The lowest BCUT2D eigenvalue weighted by Crippen LogP contribution is -2.20. The normalized spacial score (nSPS) is 11.2. The summed E-state index contributed by atoms with van der Waals surface area (Å²) in [6.07, 6.45) is -0.247. The fourth-order valence-corrected chi connectivity index (χ4v) is 0.811. The minimum atomic E-state index is -1.06. The highest BCUT2D eigenvalue weighted by atomic mass is 16.5. The van der Waals surface area contributed by atoms with Gasteiger partial charge in [0.15, 0.2) is 5.92 Å². The molecule has 0 aliphatic heterocycles. The average Bonchev–Trinajstić information content (AvgIpc) is 2.15. The van der Waals surface area contributed by atoms with Gasteiger partial charge in [0.05, 0.1) is 25.7 Å². The highest BCUT2D eigenvalue weighted by Gasteiger charge is 2.23. The zero-order valence-corrected chi connectivity index (χ0v) is 8.28. The molecule has 0 saturated heterocycles. The molecule has 0 fully saturated rings. The Balaban J connectivity index is 4.10. The molecule has 0 aromatic heterocycles. The van der Waals surface area contributed by atoms with Crippen LogP contribution in [0.5, 0.6) is 0 Å². The number of hydrogen-bond donors (Lipinski definition) is 0. The summed E-state index contributed by atoms with van der Waals surface area (Å²) < 4.78 is 9.21. The van der Waals surface area contributed by atoms with Crippen LogP contribution in [0, 0.1) is 17.2 Å². The first-order valence-corrected chi connectivity index (χ1v) is 4.37. The van der Waals surface area contributed by atoms with Crippen LogP contribution in [-0.2, 0) is 19.1 Å². The molecule has 0 bridgehead atoms. The van der Waals surface area contributed by atoms with E-state index in [1.54, 1.807) is 19.9 Å². The lowest BCUT2D eigenvalue weighted by atomic mass is 10.1. The Morgan fingerprint density at radius 1 is 1.29 bits per heavy atom. The summed E-state index contributed by atoms with van der Waals surface area (Å²) in [5.41, 5.74) is 0. The number of rotatable bonds is 5. The van der Waals surface area contributed by atoms with Crippen LogP contribution in [0.1, 0.15) is 20.3 Å². The van der Waals surface area contributed by atoms with Crippen molar-refractivity contribution in [1.29, 1.82) is 5.26 Å². The van der Waals surface area contributed by atoms with Crippen LogP contribution >= 0.6 is 0 Å². The van der Waals surface area contributed by atoms with Crippen LogP contribution in [0.3, 0.4) is 0 Å². The number of hydrogen-bond acceptors (Lipinski definition) is 5. The molecular formula is C9H13NO4. The fraction of sp³-hybridized carbons (Fsp3) is 0.667. The highest BCUT2D eigenvalue weighted by Crippen LogP contribution is 2.05. The second-order valence-corrected chi connectivity index (χ2v) is 2.44. The van der Waals surface area contributed by atoms with Gasteiger partial charge in [0.25, 0.3) is 0 Å². The lowest BCUT2D eigenvalue weighted by molar-refractivity contribution is -0.152. The van der Waals surface area contributed by atoms with Crippen molar-refractivity contribution in [2.24, 2.45) is 5.92 Å². The van der Waals surface area contributed by atoms with E-state index in [4.69, 9.17) is 5.26 Å². The van der Waals surface area contributed by atoms with E-state index < -0.39 is 17.9 Å². The largest absolute Gasteiger partial charge is 0.466 e. The van der Waals surface area contributed by atoms with Crippen LogP contribution in [-0.4, -0.2) is 25.2 Å². The van der Waals surface area contributed by atoms with Gasteiger partial charge in [-0.1, -0.05) is 0 Å². The van der Waals surface area contributed by atoms with Crippen molar-refractivity contribution in [3.63, 3.8) is 0 Å². The molecule has 0 aliphatic rings. The molecule has 0 saturated carbocycles. The van der Waals surface area contributed by atoms with E-state index in [9.17, 15) is 9.59 Å². The van der Waals surface area contributed by atoms with Gasteiger partial charge in [0, 0.05) is 0 Å². The molecule has 0 heterocycles. The molecule has 0 spiro atoms. The van der Waals surface area contributed by atoms with Gasteiger partial charge < -0.3 is 9.47 Å². The van der Waals surface area contributed by atoms with E-state index in [2.05, 4.69) is 9.47 Å². The summed E-state index contributed by atoms with van der Waals surface area (Å²) in [6.45, 7) is 3.72. The van der Waals surface area contributed by atoms with Gasteiger partial charge in [0.1, 0.15) is 0 Å². The SMILES string of the molecule is CCOC(=O)C[C@@H](C#N)C(=O)OCC. The Labute approximate surface area is 82.6 Å². The van der Waals surface area contributed by atoms with Gasteiger partial charge in [-0.2, -0.15) is 5.26 Å². The molecule has 5 heteroatoms. The molecule has 0 aliphatic carbocycles. The molecule has 0 rings (SSSR count). The maximum Gasteiger partial charge on any atom is 0.323 e. The summed E-state index contributed by atoms with van der Waals surface area (Å²) in [4.78, 5) is 22.0. The van der Waals surface area contributed by atoms with Gasteiger partial charge >= 0.3 is 11.9 Å². The van der Waals surface area contributed by atoms with E-state index in [0.717, 1.165) is 0 Å². The average molecular weight is 199 g/mol. The molecule has 0 N–H and O–H groups in total. The topological polar surface area (TPSA) is 76.4 Å². The Hall–Kier alpha value is -1.57. The van der Waals surface area contributed by atoms with Crippen LogP contribution in [0.15, 0.2) is 0 Å². The Morgan fingerprint density at radius 2 is 1.86 bits per heavy atom. The molecule has 0 aromatic rings. The summed E-state index contributed by atoms with van der Waals surface area (Å²) in [5, 5.41) is 8.58. The van der Waals surface area contributed by atoms with Crippen LogP contribution in [0.25, 0.3) is 0 Å². The predicted octanol–water partition coefficient (Wildman–Crippen LogP) is 0.642. The zero-order valence-electron chi connectivity index (χ0n) is 8.28. The van der Waals surface area contributed by atoms with Crippen molar-refractivity contribution in [3.8, 4) is 6.07 Å². The van der Waals surface area contributed by atoms with Crippen molar-refractivity contribution < 1.29 is 19.1 Å². The highest BCUT2D eigenvalue weighted by molar-refractivity contribution is 5.82. The second kappa shape index (κ2) is 6.89. The van der Waals surface area contributed by atoms with Crippen molar-refractivity contribution in [2.75, 3.05) is 13.2 Å². The first-order valence-electron chi connectivity index (χ1n) is 4.37. The number of esters is 2. The smallest absolute Gasteiger partial charge is 0.323 e. The van der Waals surface area contributed by atoms with Gasteiger partial charge in [0.2, 0.25) is 0 Å². The van der Waals surface area contributed by atoms with Gasteiger partial charge in [-0.3, -0.25) is 9.59 Å². The maximum atomic E-state index is 11.1. The summed E-state index contributed by atoms with van der Waals surface area (Å²) in [6, 6.07) is 1.70. The van der Waals surface area contributed by atoms with E-state index >= 15 is 0 Å². The quantitative estimate of drug-likeness (QED) is 0.607. The fourth-order valence-electron chi connectivity index (χ4n) is 0.811. The maximum absolute atomic E-state index is 11.1. The van der Waals surface area contributed by atoms with Crippen LogP contribution < -0.4 is 0 Å². The third kappa shape index (κ3) is 4.45. The van der Waals surface area contributed by atoms with E-state index in [1.807, 2.05) is 0 Å². The van der Waals surface area contributed by atoms with E-state index in [0.29, 0.717) is 0 Å². The summed E-state index contributed by atoms with van der Waals surface area (Å²) in [7, 11) is 0. The predicted molar refractivity (Wildman–Crippen MR) is 47.0 cm³/mol. The molecule has 5 nitrogen and oxygen atoms in total. The number of ether oxygens (including phenoxy) is 2. The minimum absolute atomic E-state index is 0.194. The monoisotopic (exact) mass is 199 g/mol. The van der Waals surface area contributed by atoms with Crippen molar-refractivity contribution in [1.82, 2.24) is 0 Å². The van der Waals surface area contributed by atoms with Gasteiger partial charge in [-0.25, -0.2) is 0 Å². The summed E-state index contributed by atoms with van der Waals surface area (Å²) in [5.74, 6) is -2.30. The lowest BCUT2D eigenvalue weighted by Gasteiger charge is -2.07. The minimum Gasteiger partial charge on any atom is -0.466 e. The molecule has 78 valence electrons. The molecule has 14 heavy (non-hydrogen) atoms. The Bertz CT molecular complexity index is 244. The van der Waals surface area contributed by atoms with Crippen LogP contribution in [0.4, 0.5) is 0 Å². The zero-order chi connectivity index (χ0) is 11.0. The molecule has 0 unspecified atom stereocenters.